The third-order valence-electron chi connectivity index (χ3n) is 5.06. The summed E-state index contributed by atoms with van der Waals surface area (Å²) in [7, 11) is 0. The number of halogens is 3. The molecule has 156 valence electrons. The summed E-state index contributed by atoms with van der Waals surface area (Å²) >= 11 is 1.29. The van der Waals surface area contributed by atoms with Crippen LogP contribution in [-0.2, 0) is 6.18 Å². The number of imidazole rings is 1. The van der Waals surface area contributed by atoms with Gasteiger partial charge in [0.1, 0.15) is 16.3 Å². The van der Waals surface area contributed by atoms with Crippen LogP contribution in [-0.4, -0.2) is 42.3 Å². The molecule has 4 aromatic heterocycles. The summed E-state index contributed by atoms with van der Waals surface area (Å²) in [5, 5.41) is 12.7. The number of fused-ring (bicyclic) bond motifs is 2. The van der Waals surface area contributed by atoms with E-state index in [0.717, 1.165) is 47.6 Å². The van der Waals surface area contributed by atoms with Crippen LogP contribution in [0.3, 0.4) is 0 Å². The Morgan fingerprint density at radius 3 is 2.63 bits per heavy atom. The smallest absolute Gasteiger partial charge is 0.317 e. The molecule has 1 fully saturated rings. The molecule has 1 aliphatic heterocycles. The molecule has 1 saturated heterocycles. The summed E-state index contributed by atoms with van der Waals surface area (Å²) in [6.07, 6.45) is -1.40. The van der Waals surface area contributed by atoms with E-state index >= 15 is 0 Å². The lowest BCUT2D eigenvalue weighted by Gasteiger charge is -2.19. The van der Waals surface area contributed by atoms with Gasteiger partial charge in [0, 0.05) is 12.0 Å². The van der Waals surface area contributed by atoms with Crippen LogP contribution in [0.25, 0.3) is 22.0 Å². The molecule has 0 radical (unpaired) electrons. The number of alkyl halides is 3. The molecule has 0 unspecified atom stereocenters. The predicted octanol–water partition coefficient (Wildman–Crippen LogP) is 2.65. The SMILES string of the molecule is Cc1cn2nc(-c3cc(=O)n4nc(C5CCNCC5)sc4n3)cc(C(F)(F)F)c2n1. The second-order valence-electron chi connectivity index (χ2n) is 7.23. The minimum absolute atomic E-state index is 0.0522. The van der Waals surface area contributed by atoms with E-state index in [4.69, 9.17) is 0 Å². The van der Waals surface area contributed by atoms with E-state index in [1.807, 2.05) is 0 Å². The number of hydrogen-bond acceptors (Lipinski definition) is 7. The molecular weight excluding hydrogens is 419 g/mol. The largest absolute Gasteiger partial charge is 0.420 e. The standard InChI is InChI=1S/C18H16F3N7OS/c1-9-8-27-15(23-9)11(18(19,20)21)6-13(25-27)12-7-14(29)28-17(24-12)30-16(26-28)10-2-4-22-5-3-10/h6-8,10,22H,2-5H2,1H3. The maximum Gasteiger partial charge on any atom is 0.420 e. The van der Waals surface area contributed by atoms with Crippen LogP contribution in [0.4, 0.5) is 13.2 Å². The Kier molecular flexibility index (Phi) is 4.36. The van der Waals surface area contributed by atoms with E-state index in [-0.39, 0.29) is 23.0 Å². The van der Waals surface area contributed by atoms with Crippen molar-refractivity contribution >= 4 is 21.9 Å². The molecule has 8 nitrogen and oxygen atoms in total. The van der Waals surface area contributed by atoms with Gasteiger partial charge in [-0.25, -0.2) is 14.5 Å². The Labute approximate surface area is 171 Å². The van der Waals surface area contributed by atoms with Crippen LogP contribution in [0.1, 0.15) is 35.0 Å². The average Bonchev–Trinajstić information content (AvgIpc) is 3.29. The van der Waals surface area contributed by atoms with Crippen LogP contribution in [0.2, 0.25) is 0 Å². The zero-order valence-electron chi connectivity index (χ0n) is 15.8. The predicted molar refractivity (Wildman–Crippen MR) is 104 cm³/mol. The lowest BCUT2D eigenvalue weighted by molar-refractivity contribution is -0.136. The third kappa shape index (κ3) is 3.25. The zero-order valence-corrected chi connectivity index (χ0v) is 16.6. The van der Waals surface area contributed by atoms with Crippen LogP contribution in [0, 0.1) is 6.92 Å². The van der Waals surface area contributed by atoms with Crippen molar-refractivity contribution in [2.75, 3.05) is 13.1 Å². The zero-order chi connectivity index (χ0) is 21.0. The number of rotatable bonds is 2. The van der Waals surface area contributed by atoms with Crippen molar-refractivity contribution in [3.05, 3.63) is 44.9 Å². The molecule has 1 aliphatic rings. The Balaban J connectivity index is 1.65. The second-order valence-corrected chi connectivity index (χ2v) is 8.22. The highest BCUT2D eigenvalue weighted by Gasteiger charge is 2.35. The van der Waals surface area contributed by atoms with Crippen LogP contribution < -0.4 is 10.9 Å². The van der Waals surface area contributed by atoms with Gasteiger partial charge in [-0.1, -0.05) is 11.3 Å². The number of aromatic nitrogens is 6. The van der Waals surface area contributed by atoms with Crippen molar-refractivity contribution < 1.29 is 13.2 Å². The molecule has 0 aromatic carbocycles. The van der Waals surface area contributed by atoms with Crippen molar-refractivity contribution in [2.24, 2.45) is 0 Å². The lowest BCUT2D eigenvalue weighted by atomic mass is 9.99. The van der Waals surface area contributed by atoms with Crippen molar-refractivity contribution in [3.8, 4) is 11.4 Å². The fourth-order valence-corrected chi connectivity index (χ4v) is 4.69. The van der Waals surface area contributed by atoms with Gasteiger partial charge in [0.25, 0.3) is 5.56 Å². The van der Waals surface area contributed by atoms with Gasteiger partial charge >= 0.3 is 6.18 Å². The monoisotopic (exact) mass is 435 g/mol. The summed E-state index contributed by atoms with van der Waals surface area (Å²) in [6.45, 7) is 3.34. The highest BCUT2D eigenvalue weighted by Crippen LogP contribution is 2.34. The molecule has 30 heavy (non-hydrogen) atoms. The molecule has 5 heterocycles. The quantitative estimate of drug-likeness (QED) is 0.521. The number of piperidine rings is 1. The first-order valence-electron chi connectivity index (χ1n) is 9.36. The molecular formula is C18H16F3N7OS. The average molecular weight is 435 g/mol. The Hall–Kier alpha value is -2.86. The highest BCUT2D eigenvalue weighted by atomic mass is 32.1. The summed E-state index contributed by atoms with van der Waals surface area (Å²) in [5.74, 6) is 0.237. The first-order valence-corrected chi connectivity index (χ1v) is 10.2. The minimum atomic E-state index is -4.62. The summed E-state index contributed by atoms with van der Waals surface area (Å²) in [4.78, 5) is 21.3. The first kappa shape index (κ1) is 19.1. The fourth-order valence-electron chi connectivity index (χ4n) is 3.62. The Morgan fingerprint density at radius 1 is 1.13 bits per heavy atom. The molecule has 12 heteroatoms. The van der Waals surface area contributed by atoms with E-state index in [1.165, 1.54) is 22.0 Å². The van der Waals surface area contributed by atoms with Gasteiger partial charge < -0.3 is 5.32 Å². The number of hydrogen-bond donors (Lipinski definition) is 1. The van der Waals surface area contributed by atoms with Gasteiger partial charge in [-0.3, -0.25) is 4.79 Å². The van der Waals surface area contributed by atoms with E-state index in [1.54, 1.807) is 6.92 Å². The van der Waals surface area contributed by atoms with E-state index in [0.29, 0.717) is 10.7 Å². The van der Waals surface area contributed by atoms with Gasteiger partial charge in [-0.05, 0) is 38.9 Å². The second kappa shape index (κ2) is 6.84. The first-order chi connectivity index (χ1) is 14.3. The number of aryl methyl sites for hydroxylation is 1. The molecule has 0 atom stereocenters. The highest BCUT2D eigenvalue weighted by molar-refractivity contribution is 7.16. The minimum Gasteiger partial charge on any atom is -0.317 e. The summed E-state index contributed by atoms with van der Waals surface area (Å²) in [5.41, 5.74) is -1.25. The number of nitrogens with zero attached hydrogens (tertiary/aromatic N) is 6. The van der Waals surface area contributed by atoms with Crippen LogP contribution in [0.5, 0.6) is 0 Å². The van der Waals surface area contributed by atoms with Gasteiger partial charge in [-0.15, -0.1) is 0 Å². The van der Waals surface area contributed by atoms with E-state index in [9.17, 15) is 18.0 Å². The topological polar surface area (TPSA) is 89.5 Å². The maximum absolute atomic E-state index is 13.6. The van der Waals surface area contributed by atoms with E-state index < -0.39 is 17.3 Å². The third-order valence-corrected chi connectivity index (χ3v) is 6.13. The van der Waals surface area contributed by atoms with Crippen molar-refractivity contribution in [3.63, 3.8) is 0 Å². The molecule has 0 amide bonds. The summed E-state index contributed by atoms with van der Waals surface area (Å²) < 4.78 is 43.0. The molecule has 5 rings (SSSR count). The normalized spacial score (nSPS) is 16.0. The van der Waals surface area contributed by atoms with Gasteiger partial charge in [0.05, 0.1) is 17.6 Å². The molecule has 1 N–H and O–H groups in total. The lowest BCUT2D eigenvalue weighted by Crippen LogP contribution is -2.26. The maximum atomic E-state index is 13.6. The van der Waals surface area contributed by atoms with Crippen molar-refractivity contribution in [1.82, 2.24) is 34.5 Å². The van der Waals surface area contributed by atoms with E-state index in [2.05, 4.69) is 25.5 Å². The molecule has 0 aliphatic carbocycles. The van der Waals surface area contributed by atoms with Crippen LogP contribution in [0.15, 0.2) is 23.1 Å². The molecule has 0 bridgehead atoms. The summed E-state index contributed by atoms with van der Waals surface area (Å²) in [6, 6.07) is 2.05. The Bertz CT molecular complexity index is 1320. The number of nitrogens with one attached hydrogen (secondary N) is 1. The van der Waals surface area contributed by atoms with Gasteiger partial charge in [0.15, 0.2) is 5.65 Å². The molecule has 0 spiro atoms. The van der Waals surface area contributed by atoms with Crippen LogP contribution >= 0.6 is 11.3 Å². The fraction of sp³-hybridized carbons (Fsp3) is 0.389. The van der Waals surface area contributed by atoms with Crippen molar-refractivity contribution in [1.29, 1.82) is 0 Å². The van der Waals surface area contributed by atoms with Gasteiger partial charge in [0.2, 0.25) is 4.96 Å². The Morgan fingerprint density at radius 2 is 1.90 bits per heavy atom. The molecule has 0 saturated carbocycles. The molecule has 4 aromatic rings. The van der Waals surface area contributed by atoms with Crippen molar-refractivity contribution in [2.45, 2.75) is 31.9 Å². The van der Waals surface area contributed by atoms with Gasteiger partial charge in [-0.2, -0.15) is 27.9 Å².